The standard InChI is InChI=1S/C21H21BrN2O6/c1-28-16-10-13(11-17(29-2)19(16)30-3)23-18(25)5-4-8-24-20(26)14-7-6-12(22)9-15(14)21(24)27/h6-7,9-11H,4-5,8H2,1-3H3,(H,23,25). The maximum Gasteiger partial charge on any atom is 0.261 e. The van der Waals surface area contributed by atoms with Crippen molar-refractivity contribution in [3.05, 3.63) is 45.9 Å². The van der Waals surface area contributed by atoms with Gasteiger partial charge in [-0.05, 0) is 24.6 Å². The van der Waals surface area contributed by atoms with E-state index in [9.17, 15) is 14.4 Å². The Bertz CT molecular complexity index is 982. The lowest BCUT2D eigenvalue weighted by atomic mass is 10.1. The summed E-state index contributed by atoms with van der Waals surface area (Å²) in [5.41, 5.74) is 1.24. The molecule has 9 heteroatoms. The van der Waals surface area contributed by atoms with E-state index in [4.69, 9.17) is 14.2 Å². The van der Waals surface area contributed by atoms with Crippen molar-refractivity contribution in [2.24, 2.45) is 0 Å². The molecule has 0 bridgehead atoms. The van der Waals surface area contributed by atoms with E-state index < -0.39 is 0 Å². The highest BCUT2D eigenvalue weighted by molar-refractivity contribution is 9.10. The van der Waals surface area contributed by atoms with Gasteiger partial charge in [0.05, 0.1) is 32.5 Å². The van der Waals surface area contributed by atoms with Crippen molar-refractivity contribution in [3.8, 4) is 17.2 Å². The molecule has 0 radical (unpaired) electrons. The molecule has 0 saturated carbocycles. The number of fused-ring (bicyclic) bond motifs is 1. The summed E-state index contributed by atoms with van der Waals surface area (Å²) in [5.74, 6) is 0.321. The minimum absolute atomic E-state index is 0.133. The zero-order valence-corrected chi connectivity index (χ0v) is 18.4. The van der Waals surface area contributed by atoms with Crippen molar-refractivity contribution < 1.29 is 28.6 Å². The van der Waals surface area contributed by atoms with Crippen LogP contribution < -0.4 is 19.5 Å². The number of anilines is 1. The Hall–Kier alpha value is -3.07. The predicted octanol–water partition coefficient (Wildman–Crippen LogP) is 3.49. The number of nitrogens with zero attached hydrogens (tertiary/aromatic N) is 1. The van der Waals surface area contributed by atoms with E-state index in [1.165, 1.54) is 26.2 Å². The fourth-order valence-corrected chi connectivity index (χ4v) is 3.60. The molecule has 0 spiro atoms. The fourth-order valence-electron chi connectivity index (χ4n) is 3.24. The quantitative estimate of drug-likeness (QED) is 0.586. The van der Waals surface area contributed by atoms with Crippen LogP contribution in [0.2, 0.25) is 0 Å². The molecular weight excluding hydrogens is 456 g/mol. The third-order valence-corrected chi connectivity index (χ3v) is 5.16. The van der Waals surface area contributed by atoms with E-state index in [2.05, 4.69) is 21.2 Å². The molecule has 158 valence electrons. The highest BCUT2D eigenvalue weighted by Crippen LogP contribution is 2.40. The Morgan fingerprint density at radius 1 is 0.967 bits per heavy atom. The van der Waals surface area contributed by atoms with Gasteiger partial charge in [0.15, 0.2) is 11.5 Å². The monoisotopic (exact) mass is 476 g/mol. The second kappa shape index (κ2) is 9.17. The van der Waals surface area contributed by atoms with Crippen LogP contribution in [-0.2, 0) is 4.79 Å². The zero-order chi connectivity index (χ0) is 21.8. The third kappa shape index (κ3) is 4.25. The maximum atomic E-state index is 12.5. The van der Waals surface area contributed by atoms with Gasteiger partial charge in [0.1, 0.15) is 0 Å². The van der Waals surface area contributed by atoms with Crippen LogP contribution in [0, 0.1) is 0 Å². The van der Waals surface area contributed by atoms with Crippen LogP contribution in [-0.4, -0.2) is 50.5 Å². The number of imide groups is 1. The highest BCUT2D eigenvalue weighted by atomic mass is 79.9. The van der Waals surface area contributed by atoms with Crippen molar-refractivity contribution in [2.75, 3.05) is 33.2 Å². The van der Waals surface area contributed by atoms with Gasteiger partial charge in [0, 0.05) is 35.3 Å². The number of rotatable bonds is 8. The molecule has 0 saturated heterocycles. The average Bonchev–Trinajstić information content (AvgIpc) is 2.97. The van der Waals surface area contributed by atoms with E-state index in [0.717, 1.165) is 4.47 Å². The van der Waals surface area contributed by atoms with Crippen molar-refractivity contribution in [2.45, 2.75) is 12.8 Å². The summed E-state index contributed by atoms with van der Waals surface area (Å²) in [4.78, 5) is 38.4. The summed E-state index contributed by atoms with van der Waals surface area (Å²) < 4.78 is 16.5. The highest BCUT2D eigenvalue weighted by Gasteiger charge is 2.35. The van der Waals surface area contributed by atoms with Gasteiger partial charge in [-0.25, -0.2) is 0 Å². The number of ether oxygens (including phenoxy) is 3. The Balaban J connectivity index is 1.60. The molecule has 2 aromatic rings. The number of methoxy groups -OCH3 is 3. The molecule has 1 aliphatic rings. The van der Waals surface area contributed by atoms with Gasteiger partial charge in [-0.1, -0.05) is 15.9 Å². The number of amides is 3. The molecule has 8 nitrogen and oxygen atoms in total. The number of benzene rings is 2. The molecule has 0 unspecified atom stereocenters. The first-order chi connectivity index (χ1) is 14.4. The molecule has 1 N–H and O–H groups in total. The number of carbonyl (C=O) groups is 3. The Morgan fingerprint density at radius 3 is 2.20 bits per heavy atom. The first-order valence-electron chi connectivity index (χ1n) is 9.15. The molecule has 0 aromatic heterocycles. The first-order valence-corrected chi connectivity index (χ1v) is 9.94. The van der Waals surface area contributed by atoms with E-state index in [1.807, 2.05) is 0 Å². The van der Waals surface area contributed by atoms with E-state index in [0.29, 0.717) is 40.5 Å². The molecule has 3 rings (SSSR count). The molecule has 30 heavy (non-hydrogen) atoms. The molecule has 0 fully saturated rings. The summed E-state index contributed by atoms with van der Waals surface area (Å²) in [7, 11) is 4.48. The normalized spacial score (nSPS) is 12.6. The Kier molecular flexibility index (Phi) is 6.61. The van der Waals surface area contributed by atoms with Crippen molar-refractivity contribution >= 4 is 39.3 Å². The lowest BCUT2D eigenvalue weighted by Gasteiger charge is -2.15. The van der Waals surface area contributed by atoms with Crippen LogP contribution in [0.5, 0.6) is 17.2 Å². The third-order valence-electron chi connectivity index (χ3n) is 4.67. The average molecular weight is 477 g/mol. The topological polar surface area (TPSA) is 94.2 Å². The minimum atomic E-state index is -0.346. The van der Waals surface area contributed by atoms with Crippen molar-refractivity contribution in [1.82, 2.24) is 4.90 Å². The number of hydrogen-bond donors (Lipinski definition) is 1. The predicted molar refractivity (Wildman–Crippen MR) is 113 cm³/mol. The van der Waals surface area contributed by atoms with Gasteiger partial charge in [-0.2, -0.15) is 0 Å². The lowest BCUT2D eigenvalue weighted by Crippen LogP contribution is -2.31. The van der Waals surface area contributed by atoms with Gasteiger partial charge in [0.25, 0.3) is 11.8 Å². The van der Waals surface area contributed by atoms with E-state index in [-0.39, 0.29) is 30.7 Å². The number of halogens is 1. The molecule has 2 aromatic carbocycles. The second-order valence-electron chi connectivity index (χ2n) is 6.52. The molecule has 0 aliphatic carbocycles. The molecule has 1 aliphatic heterocycles. The van der Waals surface area contributed by atoms with E-state index >= 15 is 0 Å². The Labute approximate surface area is 182 Å². The van der Waals surface area contributed by atoms with Gasteiger partial charge in [-0.3, -0.25) is 19.3 Å². The molecule has 0 atom stereocenters. The van der Waals surface area contributed by atoms with Gasteiger partial charge >= 0.3 is 0 Å². The van der Waals surface area contributed by atoms with Crippen LogP contribution in [0.3, 0.4) is 0 Å². The Morgan fingerprint density at radius 2 is 1.60 bits per heavy atom. The summed E-state index contributed by atoms with van der Waals surface area (Å²) in [6, 6.07) is 8.23. The zero-order valence-electron chi connectivity index (χ0n) is 16.8. The van der Waals surface area contributed by atoms with Crippen LogP contribution in [0.25, 0.3) is 0 Å². The first kappa shape index (κ1) is 21.6. The molecule has 3 amide bonds. The van der Waals surface area contributed by atoms with Crippen LogP contribution in [0.4, 0.5) is 5.69 Å². The van der Waals surface area contributed by atoms with Crippen molar-refractivity contribution in [1.29, 1.82) is 0 Å². The summed E-state index contributed by atoms with van der Waals surface area (Å²) >= 11 is 3.30. The van der Waals surface area contributed by atoms with Crippen LogP contribution in [0.1, 0.15) is 33.6 Å². The van der Waals surface area contributed by atoms with Gasteiger partial charge < -0.3 is 19.5 Å². The minimum Gasteiger partial charge on any atom is -0.493 e. The number of nitrogens with one attached hydrogen (secondary N) is 1. The number of hydrogen-bond acceptors (Lipinski definition) is 6. The largest absolute Gasteiger partial charge is 0.493 e. The van der Waals surface area contributed by atoms with Gasteiger partial charge in [0.2, 0.25) is 11.7 Å². The SMILES string of the molecule is COc1cc(NC(=O)CCCN2C(=O)c3ccc(Br)cc3C2=O)cc(OC)c1OC. The van der Waals surface area contributed by atoms with Crippen LogP contribution >= 0.6 is 15.9 Å². The van der Waals surface area contributed by atoms with E-state index in [1.54, 1.807) is 30.3 Å². The van der Waals surface area contributed by atoms with Gasteiger partial charge in [-0.15, -0.1) is 0 Å². The summed E-state index contributed by atoms with van der Waals surface area (Å²) in [6.07, 6.45) is 0.469. The lowest BCUT2D eigenvalue weighted by molar-refractivity contribution is -0.116. The molecule has 1 heterocycles. The maximum absolute atomic E-state index is 12.5. The fraction of sp³-hybridized carbons (Fsp3) is 0.286. The molecular formula is C21H21BrN2O6. The second-order valence-corrected chi connectivity index (χ2v) is 7.43. The number of carbonyl (C=O) groups excluding carboxylic acids is 3. The summed E-state index contributed by atoms with van der Waals surface area (Å²) in [6.45, 7) is 0.159. The summed E-state index contributed by atoms with van der Waals surface area (Å²) in [5, 5.41) is 2.77. The van der Waals surface area contributed by atoms with Crippen LogP contribution in [0.15, 0.2) is 34.8 Å². The smallest absolute Gasteiger partial charge is 0.261 e. The van der Waals surface area contributed by atoms with Crippen molar-refractivity contribution in [3.63, 3.8) is 0 Å².